The second-order valence-electron chi connectivity index (χ2n) is 5.34. The summed E-state index contributed by atoms with van der Waals surface area (Å²) in [5, 5.41) is 8.00. The fourth-order valence-electron chi connectivity index (χ4n) is 2.59. The Hall–Kier alpha value is -2.39. The zero-order valence-electron chi connectivity index (χ0n) is 12.9. The van der Waals surface area contributed by atoms with Gasteiger partial charge in [0.25, 0.3) is 0 Å². The number of hydrogen-bond acceptors (Lipinski definition) is 2. The lowest BCUT2D eigenvalue weighted by molar-refractivity contribution is 0.564. The topological polar surface area (TPSA) is 29.9 Å². The Labute approximate surface area is 131 Å². The quantitative estimate of drug-likeness (QED) is 0.700. The van der Waals surface area contributed by atoms with E-state index in [2.05, 4.69) is 64.7 Å². The summed E-state index contributed by atoms with van der Waals surface area (Å²) in [5.41, 5.74) is 4.61. The van der Waals surface area contributed by atoms with Crippen LogP contribution in [0.4, 0.5) is 0 Å². The van der Waals surface area contributed by atoms with Gasteiger partial charge in [-0.3, -0.25) is 4.68 Å². The zero-order valence-corrected chi connectivity index (χ0v) is 12.9. The van der Waals surface area contributed by atoms with Gasteiger partial charge in [-0.1, -0.05) is 60.7 Å². The molecular weight excluding hydrogens is 270 g/mol. The summed E-state index contributed by atoms with van der Waals surface area (Å²) in [6, 6.07) is 20.9. The summed E-state index contributed by atoms with van der Waals surface area (Å²) in [6.45, 7) is 1.93. The molecule has 0 aliphatic heterocycles. The zero-order chi connectivity index (χ0) is 15.2. The maximum Gasteiger partial charge on any atom is 0.100 e. The number of rotatable bonds is 6. The van der Waals surface area contributed by atoms with Crippen molar-refractivity contribution in [3.63, 3.8) is 0 Å². The van der Waals surface area contributed by atoms with Gasteiger partial charge in [0.1, 0.15) is 5.69 Å². The van der Waals surface area contributed by atoms with Crippen molar-refractivity contribution in [3.8, 4) is 22.4 Å². The molecule has 0 spiro atoms. The van der Waals surface area contributed by atoms with Crippen molar-refractivity contribution in [2.24, 2.45) is 0 Å². The highest BCUT2D eigenvalue weighted by atomic mass is 15.3. The molecule has 0 amide bonds. The second-order valence-corrected chi connectivity index (χ2v) is 5.34. The van der Waals surface area contributed by atoms with Crippen molar-refractivity contribution in [1.29, 1.82) is 0 Å². The van der Waals surface area contributed by atoms with Gasteiger partial charge in [0, 0.05) is 23.9 Å². The highest BCUT2D eigenvalue weighted by Gasteiger charge is 2.12. The van der Waals surface area contributed by atoms with Crippen molar-refractivity contribution in [2.45, 2.75) is 13.0 Å². The van der Waals surface area contributed by atoms with Crippen LogP contribution >= 0.6 is 0 Å². The van der Waals surface area contributed by atoms with Crippen LogP contribution in [-0.4, -0.2) is 23.4 Å². The molecule has 112 valence electrons. The predicted octanol–water partition coefficient (Wildman–Crippen LogP) is 3.83. The molecule has 0 unspecified atom stereocenters. The van der Waals surface area contributed by atoms with Crippen LogP contribution in [0.2, 0.25) is 0 Å². The molecule has 1 N–H and O–H groups in total. The highest BCUT2D eigenvalue weighted by Crippen LogP contribution is 2.30. The van der Waals surface area contributed by atoms with E-state index in [0.29, 0.717) is 0 Å². The molecule has 0 fully saturated rings. The van der Waals surface area contributed by atoms with E-state index < -0.39 is 0 Å². The molecule has 0 saturated carbocycles. The molecule has 1 aromatic heterocycles. The number of aromatic nitrogens is 2. The SMILES string of the molecule is CNCCCn1cc(-c2ccccc2)c(-c2ccccc2)n1. The Balaban J connectivity index is 1.99. The average Bonchev–Trinajstić information content (AvgIpc) is 3.01. The first-order valence-electron chi connectivity index (χ1n) is 7.71. The molecule has 3 heteroatoms. The maximum atomic E-state index is 4.82. The third kappa shape index (κ3) is 3.26. The Morgan fingerprint density at radius 3 is 2.18 bits per heavy atom. The van der Waals surface area contributed by atoms with Gasteiger partial charge >= 0.3 is 0 Å². The molecule has 3 rings (SSSR count). The summed E-state index contributed by atoms with van der Waals surface area (Å²) in [4.78, 5) is 0. The number of benzene rings is 2. The van der Waals surface area contributed by atoms with Gasteiger partial charge in [0.15, 0.2) is 0 Å². The Morgan fingerprint density at radius 1 is 0.909 bits per heavy atom. The monoisotopic (exact) mass is 291 g/mol. The number of aryl methyl sites for hydroxylation is 1. The summed E-state index contributed by atoms with van der Waals surface area (Å²) < 4.78 is 2.06. The minimum atomic E-state index is 0.924. The van der Waals surface area contributed by atoms with Crippen molar-refractivity contribution in [1.82, 2.24) is 15.1 Å². The second kappa shape index (κ2) is 7.05. The van der Waals surface area contributed by atoms with E-state index in [4.69, 9.17) is 5.10 Å². The maximum absolute atomic E-state index is 4.82. The standard InChI is InChI=1S/C19H21N3/c1-20-13-8-14-22-15-18(16-9-4-2-5-10-16)19(21-22)17-11-6-3-7-12-17/h2-7,9-12,15,20H,8,13-14H2,1H3. The summed E-state index contributed by atoms with van der Waals surface area (Å²) in [5.74, 6) is 0. The van der Waals surface area contributed by atoms with Crippen LogP contribution in [-0.2, 0) is 6.54 Å². The van der Waals surface area contributed by atoms with Crippen LogP contribution < -0.4 is 5.32 Å². The van der Waals surface area contributed by atoms with E-state index in [9.17, 15) is 0 Å². The van der Waals surface area contributed by atoms with Gasteiger partial charge < -0.3 is 5.32 Å². The summed E-state index contributed by atoms with van der Waals surface area (Å²) in [7, 11) is 1.98. The Morgan fingerprint density at radius 2 is 1.55 bits per heavy atom. The largest absolute Gasteiger partial charge is 0.320 e. The number of nitrogens with one attached hydrogen (secondary N) is 1. The molecule has 0 atom stereocenters. The van der Waals surface area contributed by atoms with Crippen molar-refractivity contribution in [2.75, 3.05) is 13.6 Å². The van der Waals surface area contributed by atoms with Crippen molar-refractivity contribution in [3.05, 3.63) is 66.9 Å². The van der Waals surface area contributed by atoms with Gasteiger partial charge in [-0.2, -0.15) is 5.10 Å². The van der Waals surface area contributed by atoms with E-state index in [1.807, 2.05) is 19.2 Å². The summed E-state index contributed by atoms with van der Waals surface area (Å²) in [6.07, 6.45) is 3.23. The van der Waals surface area contributed by atoms with Crippen LogP contribution in [0.1, 0.15) is 6.42 Å². The average molecular weight is 291 g/mol. The first kappa shape index (κ1) is 14.5. The third-order valence-electron chi connectivity index (χ3n) is 3.71. The lowest BCUT2D eigenvalue weighted by Crippen LogP contribution is -2.11. The van der Waals surface area contributed by atoms with Crippen LogP contribution in [0.5, 0.6) is 0 Å². The highest BCUT2D eigenvalue weighted by molar-refractivity contribution is 5.80. The van der Waals surface area contributed by atoms with E-state index >= 15 is 0 Å². The van der Waals surface area contributed by atoms with Crippen molar-refractivity contribution < 1.29 is 0 Å². The van der Waals surface area contributed by atoms with E-state index in [0.717, 1.165) is 30.8 Å². The van der Waals surface area contributed by atoms with Gasteiger partial charge in [-0.15, -0.1) is 0 Å². The Bertz CT molecular complexity index is 645. The minimum absolute atomic E-state index is 0.924. The molecule has 2 aromatic carbocycles. The molecule has 0 radical (unpaired) electrons. The number of nitrogens with zero attached hydrogens (tertiary/aromatic N) is 2. The molecule has 3 nitrogen and oxygen atoms in total. The molecule has 0 saturated heterocycles. The van der Waals surface area contributed by atoms with Crippen LogP contribution in [0.15, 0.2) is 66.9 Å². The minimum Gasteiger partial charge on any atom is -0.320 e. The molecule has 0 aliphatic carbocycles. The first-order chi connectivity index (χ1) is 10.9. The van der Waals surface area contributed by atoms with Crippen molar-refractivity contribution >= 4 is 0 Å². The van der Waals surface area contributed by atoms with E-state index in [1.165, 1.54) is 11.1 Å². The van der Waals surface area contributed by atoms with Crippen LogP contribution in [0.3, 0.4) is 0 Å². The van der Waals surface area contributed by atoms with Gasteiger partial charge in [0.2, 0.25) is 0 Å². The lowest BCUT2D eigenvalue weighted by atomic mass is 10.0. The normalized spacial score (nSPS) is 10.8. The molecule has 0 aliphatic rings. The van der Waals surface area contributed by atoms with Gasteiger partial charge in [-0.05, 0) is 25.6 Å². The fourth-order valence-corrected chi connectivity index (χ4v) is 2.59. The fraction of sp³-hybridized carbons (Fsp3) is 0.211. The molecular formula is C19H21N3. The number of hydrogen-bond donors (Lipinski definition) is 1. The summed E-state index contributed by atoms with van der Waals surface area (Å²) >= 11 is 0. The third-order valence-corrected chi connectivity index (χ3v) is 3.71. The molecule has 22 heavy (non-hydrogen) atoms. The van der Waals surface area contributed by atoms with E-state index in [1.54, 1.807) is 0 Å². The van der Waals surface area contributed by atoms with Crippen LogP contribution in [0.25, 0.3) is 22.4 Å². The van der Waals surface area contributed by atoms with E-state index in [-0.39, 0.29) is 0 Å². The Kier molecular flexibility index (Phi) is 4.66. The molecule has 1 heterocycles. The predicted molar refractivity (Wildman–Crippen MR) is 91.6 cm³/mol. The molecule has 3 aromatic rings. The smallest absolute Gasteiger partial charge is 0.100 e. The first-order valence-corrected chi connectivity index (χ1v) is 7.71. The molecule has 0 bridgehead atoms. The van der Waals surface area contributed by atoms with Gasteiger partial charge in [-0.25, -0.2) is 0 Å². The lowest BCUT2D eigenvalue weighted by Gasteiger charge is -2.02. The van der Waals surface area contributed by atoms with Gasteiger partial charge in [0.05, 0.1) is 0 Å². The van der Waals surface area contributed by atoms with Crippen LogP contribution in [0, 0.1) is 0 Å².